The van der Waals surface area contributed by atoms with Gasteiger partial charge in [0.1, 0.15) is 0 Å². The van der Waals surface area contributed by atoms with E-state index in [0.29, 0.717) is 11.4 Å². The van der Waals surface area contributed by atoms with Crippen LogP contribution in [0, 0.1) is 0 Å². The van der Waals surface area contributed by atoms with E-state index in [4.69, 9.17) is 10.9 Å². The minimum absolute atomic E-state index is 0.0132. The number of para-hydroxylation sites is 2. The number of rotatable bonds is 4. The first-order valence-electron chi connectivity index (χ1n) is 4.70. The first-order chi connectivity index (χ1) is 7.63. The Morgan fingerprint density at radius 1 is 1.19 bits per heavy atom. The van der Waals surface area contributed by atoms with E-state index in [1.165, 1.54) is 5.48 Å². The normalized spacial score (nSPS) is 9.56. The quantitative estimate of drug-likeness (QED) is 0.339. The lowest BCUT2D eigenvalue weighted by Crippen LogP contribution is -2.21. The van der Waals surface area contributed by atoms with Crippen molar-refractivity contribution in [2.75, 3.05) is 11.1 Å². The molecule has 5 N–H and O–H groups in total. The van der Waals surface area contributed by atoms with Crippen LogP contribution < -0.4 is 16.5 Å². The van der Waals surface area contributed by atoms with Crippen LogP contribution >= 0.6 is 0 Å². The van der Waals surface area contributed by atoms with Crippen LogP contribution in [0.15, 0.2) is 24.3 Å². The molecule has 6 nitrogen and oxygen atoms in total. The van der Waals surface area contributed by atoms with Crippen molar-refractivity contribution in [3.8, 4) is 0 Å². The number of hydroxylamine groups is 1. The maximum absolute atomic E-state index is 11.4. The van der Waals surface area contributed by atoms with E-state index in [9.17, 15) is 9.59 Å². The van der Waals surface area contributed by atoms with Crippen LogP contribution in [-0.2, 0) is 9.59 Å². The van der Waals surface area contributed by atoms with Crippen molar-refractivity contribution in [3.05, 3.63) is 24.3 Å². The van der Waals surface area contributed by atoms with E-state index < -0.39 is 5.91 Å². The predicted molar refractivity (Wildman–Crippen MR) is 58.6 cm³/mol. The fraction of sp³-hybridized carbons (Fsp3) is 0.200. The van der Waals surface area contributed by atoms with Crippen LogP contribution in [0.1, 0.15) is 12.8 Å². The van der Waals surface area contributed by atoms with Crippen molar-refractivity contribution in [1.82, 2.24) is 5.48 Å². The van der Waals surface area contributed by atoms with Crippen molar-refractivity contribution >= 4 is 23.2 Å². The maximum atomic E-state index is 11.4. The van der Waals surface area contributed by atoms with Gasteiger partial charge in [0.25, 0.3) is 0 Å². The molecule has 0 aromatic heterocycles. The number of nitrogens with two attached hydrogens (primary N) is 1. The Hall–Kier alpha value is -2.08. The molecule has 1 rings (SSSR count). The number of carbonyl (C=O) groups is 2. The van der Waals surface area contributed by atoms with Crippen molar-refractivity contribution in [2.24, 2.45) is 0 Å². The molecule has 0 spiro atoms. The number of hydrogen-bond acceptors (Lipinski definition) is 4. The highest BCUT2D eigenvalue weighted by Gasteiger charge is 2.07. The Labute approximate surface area is 92.4 Å². The Morgan fingerprint density at radius 3 is 2.44 bits per heavy atom. The van der Waals surface area contributed by atoms with Gasteiger partial charge in [0.2, 0.25) is 11.8 Å². The highest BCUT2D eigenvalue weighted by Crippen LogP contribution is 2.16. The van der Waals surface area contributed by atoms with Crippen LogP contribution in [0.2, 0.25) is 0 Å². The van der Waals surface area contributed by atoms with Crippen LogP contribution in [-0.4, -0.2) is 17.0 Å². The first-order valence-corrected chi connectivity index (χ1v) is 4.70. The summed E-state index contributed by atoms with van der Waals surface area (Å²) in [7, 11) is 0. The van der Waals surface area contributed by atoms with Crippen LogP contribution in [0.4, 0.5) is 11.4 Å². The Balaban J connectivity index is 2.46. The number of hydrogen-bond donors (Lipinski definition) is 4. The van der Waals surface area contributed by atoms with Gasteiger partial charge in [0.15, 0.2) is 0 Å². The molecule has 0 bridgehead atoms. The average molecular weight is 223 g/mol. The Kier molecular flexibility index (Phi) is 4.28. The number of anilines is 2. The summed E-state index contributed by atoms with van der Waals surface area (Å²) in [5, 5.41) is 10.8. The molecule has 0 aliphatic heterocycles. The van der Waals surface area contributed by atoms with Crippen molar-refractivity contribution in [1.29, 1.82) is 0 Å². The van der Waals surface area contributed by atoms with Crippen molar-refractivity contribution in [3.63, 3.8) is 0 Å². The van der Waals surface area contributed by atoms with Gasteiger partial charge < -0.3 is 11.1 Å². The molecule has 0 heterocycles. The fourth-order valence-electron chi connectivity index (χ4n) is 1.11. The zero-order valence-corrected chi connectivity index (χ0v) is 8.56. The molecule has 0 radical (unpaired) electrons. The third-order valence-corrected chi connectivity index (χ3v) is 1.94. The third-order valence-electron chi connectivity index (χ3n) is 1.94. The number of carbonyl (C=O) groups excluding carboxylic acids is 2. The van der Waals surface area contributed by atoms with Gasteiger partial charge in [-0.2, -0.15) is 0 Å². The minimum atomic E-state index is -0.601. The molecular formula is C10H13N3O3. The first kappa shape index (κ1) is 12.0. The smallest absolute Gasteiger partial charge is 0.243 e. The van der Waals surface area contributed by atoms with Crippen molar-refractivity contribution in [2.45, 2.75) is 12.8 Å². The zero-order chi connectivity index (χ0) is 12.0. The lowest BCUT2D eigenvalue weighted by Gasteiger charge is -2.06. The van der Waals surface area contributed by atoms with Crippen LogP contribution in [0.3, 0.4) is 0 Å². The average Bonchev–Trinajstić information content (AvgIpc) is 2.29. The molecule has 0 unspecified atom stereocenters. The van der Waals surface area contributed by atoms with Gasteiger partial charge in [0.05, 0.1) is 11.4 Å². The highest BCUT2D eigenvalue weighted by atomic mass is 16.5. The number of nitrogens with one attached hydrogen (secondary N) is 2. The Morgan fingerprint density at radius 2 is 1.81 bits per heavy atom. The molecule has 1 aromatic carbocycles. The second kappa shape index (κ2) is 5.72. The SMILES string of the molecule is Nc1ccccc1NC(=O)CCC(=O)NO. The largest absolute Gasteiger partial charge is 0.397 e. The maximum Gasteiger partial charge on any atom is 0.243 e. The van der Waals surface area contributed by atoms with E-state index in [0.717, 1.165) is 0 Å². The highest BCUT2D eigenvalue weighted by molar-refractivity contribution is 5.95. The monoisotopic (exact) mass is 223 g/mol. The standard InChI is InChI=1S/C10H13N3O3/c11-7-3-1-2-4-8(7)12-9(14)5-6-10(15)13-16/h1-4,16H,5-6,11H2,(H,12,14)(H,13,15). The molecule has 0 aliphatic rings. The fourth-order valence-corrected chi connectivity index (χ4v) is 1.11. The molecule has 0 saturated carbocycles. The van der Waals surface area contributed by atoms with E-state index in [1.807, 2.05) is 0 Å². The van der Waals surface area contributed by atoms with Gasteiger partial charge in [-0.05, 0) is 12.1 Å². The van der Waals surface area contributed by atoms with Gasteiger partial charge in [-0.25, -0.2) is 5.48 Å². The lowest BCUT2D eigenvalue weighted by atomic mass is 10.2. The van der Waals surface area contributed by atoms with E-state index in [1.54, 1.807) is 24.3 Å². The summed E-state index contributed by atoms with van der Waals surface area (Å²) in [5.74, 6) is -0.933. The summed E-state index contributed by atoms with van der Waals surface area (Å²) >= 11 is 0. The summed E-state index contributed by atoms with van der Waals surface area (Å²) in [4.78, 5) is 22.0. The number of benzene rings is 1. The predicted octanol–water partition coefficient (Wildman–Crippen LogP) is 0.493. The van der Waals surface area contributed by atoms with Crippen molar-refractivity contribution < 1.29 is 14.8 Å². The summed E-state index contributed by atoms with van der Waals surface area (Å²) in [6.07, 6.45) is -0.0875. The molecule has 0 atom stereocenters. The number of nitrogen functional groups attached to an aromatic ring is 1. The van der Waals surface area contributed by atoms with Gasteiger partial charge >= 0.3 is 0 Å². The van der Waals surface area contributed by atoms with Gasteiger partial charge in [-0.1, -0.05) is 12.1 Å². The third kappa shape index (κ3) is 3.58. The number of amides is 2. The molecule has 0 aliphatic carbocycles. The summed E-state index contributed by atoms with van der Waals surface area (Å²) in [5.41, 5.74) is 8.04. The van der Waals surface area contributed by atoms with E-state index >= 15 is 0 Å². The molecule has 1 aromatic rings. The topological polar surface area (TPSA) is 104 Å². The summed E-state index contributed by atoms with van der Waals surface area (Å²) in [6, 6.07) is 6.83. The second-order valence-electron chi connectivity index (χ2n) is 3.17. The summed E-state index contributed by atoms with van der Waals surface area (Å²) in [6.45, 7) is 0. The molecule has 6 heteroatoms. The zero-order valence-electron chi connectivity index (χ0n) is 8.56. The van der Waals surface area contributed by atoms with Gasteiger partial charge in [-0.3, -0.25) is 14.8 Å². The van der Waals surface area contributed by atoms with E-state index in [-0.39, 0.29) is 18.7 Å². The van der Waals surface area contributed by atoms with Gasteiger partial charge in [0, 0.05) is 12.8 Å². The molecular weight excluding hydrogens is 210 g/mol. The molecule has 0 saturated heterocycles. The molecule has 0 fully saturated rings. The Bertz CT molecular complexity index is 393. The molecule has 16 heavy (non-hydrogen) atoms. The van der Waals surface area contributed by atoms with Gasteiger partial charge in [-0.15, -0.1) is 0 Å². The second-order valence-corrected chi connectivity index (χ2v) is 3.17. The van der Waals surface area contributed by atoms with Crippen LogP contribution in [0.5, 0.6) is 0 Å². The van der Waals surface area contributed by atoms with E-state index in [2.05, 4.69) is 5.32 Å². The molecule has 2 amide bonds. The summed E-state index contributed by atoms with van der Waals surface area (Å²) < 4.78 is 0. The van der Waals surface area contributed by atoms with Crippen LogP contribution in [0.25, 0.3) is 0 Å². The minimum Gasteiger partial charge on any atom is -0.397 e. The lowest BCUT2D eigenvalue weighted by molar-refractivity contribution is -0.130. The molecule has 86 valence electrons.